The number of ether oxygens (including phenoxy) is 1. The van der Waals surface area contributed by atoms with E-state index in [4.69, 9.17) is 27.9 Å². The van der Waals surface area contributed by atoms with Gasteiger partial charge >= 0.3 is 0 Å². The Morgan fingerprint density at radius 2 is 2.25 bits per heavy atom. The van der Waals surface area contributed by atoms with Crippen molar-refractivity contribution in [2.24, 2.45) is 0 Å². The van der Waals surface area contributed by atoms with Crippen LogP contribution in [0, 0.1) is 0 Å². The molecule has 0 unspecified atom stereocenters. The lowest BCUT2D eigenvalue weighted by molar-refractivity contribution is 0.103. The minimum atomic E-state index is 0.498. The van der Waals surface area contributed by atoms with Gasteiger partial charge in [-0.2, -0.15) is 0 Å². The minimum Gasteiger partial charge on any atom is -0.375 e. The maximum atomic E-state index is 6.04. The average molecular weight is 260 g/mol. The Bertz CT molecular complexity index is 351. The summed E-state index contributed by atoms with van der Waals surface area (Å²) in [4.78, 5) is 0. The molecule has 4 heteroatoms. The fourth-order valence-corrected chi connectivity index (χ4v) is 2.23. The van der Waals surface area contributed by atoms with Gasteiger partial charge in [0.2, 0.25) is 0 Å². The van der Waals surface area contributed by atoms with Gasteiger partial charge in [-0.05, 0) is 43.1 Å². The Morgan fingerprint density at radius 3 is 3.00 bits per heavy atom. The third-order valence-electron chi connectivity index (χ3n) is 2.75. The molecule has 1 saturated heterocycles. The summed E-state index contributed by atoms with van der Waals surface area (Å²) in [5.74, 6) is 0. The van der Waals surface area contributed by atoms with Gasteiger partial charge in [0, 0.05) is 16.1 Å². The van der Waals surface area contributed by atoms with E-state index >= 15 is 0 Å². The normalized spacial score (nSPS) is 20.2. The molecule has 0 amide bonds. The van der Waals surface area contributed by atoms with Crippen molar-refractivity contribution in [3.8, 4) is 0 Å². The molecule has 0 bridgehead atoms. The second kappa shape index (κ2) is 5.87. The Balaban J connectivity index is 1.82. The zero-order valence-corrected chi connectivity index (χ0v) is 10.5. The molecule has 16 heavy (non-hydrogen) atoms. The van der Waals surface area contributed by atoms with Crippen LogP contribution in [0.15, 0.2) is 18.2 Å². The van der Waals surface area contributed by atoms with E-state index in [1.807, 2.05) is 6.07 Å². The summed E-state index contributed by atoms with van der Waals surface area (Å²) in [6, 6.07) is 5.94. The van der Waals surface area contributed by atoms with E-state index in [9.17, 15) is 0 Å². The Hall–Kier alpha value is -0.280. The first-order valence-corrected chi connectivity index (χ1v) is 6.26. The third-order valence-corrected chi connectivity index (χ3v) is 3.35. The van der Waals surface area contributed by atoms with Gasteiger partial charge in [-0.3, -0.25) is 0 Å². The van der Waals surface area contributed by atoms with Crippen molar-refractivity contribution in [3.05, 3.63) is 33.8 Å². The van der Waals surface area contributed by atoms with Gasteiger partial charge in [0.1, 0.15) is 0 Å². The molecule has 1 fully saturated rings. The van der Waals surface area contributed by atoms with Crippen LogP contribution in [0.2, 0.25) is 10.0 Å². The molecule has 1 aliphatic rings. The molecule has 0 radical (unpaired) electrons. The molecule has 1 atom stereocenters. The van der Waals surface area contributed by atoms with Crippen molar-refractivity contribution in [1.82, 2.24) is 5.32 Å². The third kappa shape index (κ3) is 3.36. The summed E-state index contributed by atoms with van der Waals surface area (Å²) in [6.07, 6.45) is 2.44. The van der Waals surface area contributed by atoms with Crippen LogP contribution in [-0.2, 0) is 11.3 Å². The highest BCUT2D eigenvalue weighted by Crippen LogP contribution is 2.21. The molecule has 88 valence electrons. The number of benzene rings is 1. The van der Waals surface area contributed by atoms with E-state index in [1.54, 1.807) is 12.1 Å². The second-order valence-electron chi connectivity index (χ2n) is 4.04. The molecule has 2 rings (SSSR count). The van der Waals surface area contributed by atoms with E-state index in [2.05, 4.69) is 5.32 Å². The smallest absolute Gasteiger partial charge is 0.0732 e. The first-order chi connectivity index (χ1) is 7.75. The number of halogens is 2. The quantitative estimate of drug-likeness (QED) is 0.897. The van der Waals surface area contributed by atoms with E-state index < -0.39 is 0 Å². The van der Waals surface area contributed by atoms with Gasteiger partial charge in [0.05, 0.1) is 13.2 Å². The van der Waals surface area contributed by atoms with Gasteiger partial charge < -0.3 is 10.1 Å². The lowest BCUT2D eigenvalue weighted by Crippen LogP contribution is -2.26. The number of hydrogen-bond donors (Lipinski definition) is 1. The summed E-state index contributed by atoms with van der Waals surface area (Å²) in [5.41, 5.74) is 0.951. The maximum Gasteiger partial charge on any atom is 0.0732 e. The predicted octanol–water partition coefficient (Wildman–Crippen LogP) is 3.26. The van der Waals surface area contributed by atoms with E-state index in [0.717, 1.165) is 18.7 Å². The summed E-state index contributed by atoms with van der Waals surface area (Å²) in [6.45, 7) is 2.37. The first kappa shape index (κ1) is 12.2. The van der Waals surface area contributed by atoms with Gasteiger partial charge in [-0.25, -0.2) is 0 Å². The molecule has 0 aromatic heterocycles. The van der Waals surface area contributed by atoms with Gasteiger partial charge in [-0.15, -0.1) is 0 Å². The maximum absolute atomic E-state index is 6.04. The fraction of sp³-hybridized carbons (Fsp3) is 0.500. The van der Waals surface area contributed by atoms with Crippen LogP contribution in [0.4, 0.5) is 0 Å². The van der Waals surface area contributed by atoms with Crippen molar-refractivity contribution < 1.29 is 4.74 Å². The Labute approximate surface area is 106 Å². The molecule has 0 saturated carbocycles. The van der Waals surface area contributed by atoms with Crippen molar-refractivity contribution in [2.45, 2.75) is 25.5 Å². The molecule has 1 aromatic carbocycles. The Morgan fingerprint density at radius 1 is 1.38 bits per heavy atom. The minimum absolute atomic E-state index is 0.498. The second-order valence-corrected chi connectivity index (χ2v) is 4.89. The predicted molar refractivity (Wildman–Crippen MR) is 67.1 cm³/mol. The van der Waals surface area contributed by atoms with Crippen LogP contribution in [0.3, 0.4) is 0 Å². The molecule has 0 aliphatic carbocycles. The van der Waals surface area contributed by atoms with Crippen LogP contribution in [0.1, 0.15) is 18.4 Å². The number of rotatable bonds is 4. The van der Waals surface area contributed by atoms with Crippen LogP contribution in [-0.4, -0.2) is 19.2 Å². The molecule has 1 heterocycles. The van der Waals surface area contributed by atoms with Crippen molar-refractivity contribution in [1.29, 1.82) is 0 Å². The summed E-state index contributed by atoms with van der Waals surface area (Å²) < 4.78 is 5.63. The summed E-state index contributed by atoms with van der Waals surface area (Å²) >= 11 is 11.9. The van der Waals surface area contributed by atoms with Gasteiger partial charge in [0.25, 0.3) is 0 Å². The van der Waals surface area contributed by atoms with E-state index in [0.29, 0.717) is 22.7 Å². The standard InChI is InChI=1S/C12H15Cl2NO/c13-10-3-4-12(14)9(6-10)7-16-8-11-2-1-5-15-11/h3-4,6,11,15H,1-2,5,7-8H2/t11-/m1/s1. The topological polar surface area (TPSA) is 21.3 Å². The lowest BCUT2D eigenvalue weighted by Gasteiger charge is -2.11. The molecule has 1 aromatic rings. The summed E-state index contributed by atoms with van der Waals surface area (Å²) in [5, 5.41) is 4.79. The highest BCUT2D eigenvalue weighted by atomic mass is 35.5. The molecular formula is C12H15Cl2NO. The van der Waals surface area contributed by atoms with Crippen LogP contribution >= 0.6 is 23.2 Å². The fourth-order valence-electron chi connectivity index (χ4n) is 1.86. The monoisotopic (exact) mass is 259 g/mol. The van der Waals surface area contributed by atoms with Crippen molar-refractivity contribution in [2.75, 3.05) is 13.2 Å². The van der Waals surface area contributed by atoms with Crippen LogP contribution < -0.4 is 5.32 Å². The molecule has 2 nitrogen and oxygen atoms in total. The number of hydrogen-bond acceptors (Lipinski definition) is 2. The molecule has 1 aliphatic heterocycles. The van der Waals surface area contributed by atoms with E-state index in [1.165, 1.54) is 12.8 Å². The zero-order valence-electron chi connectivity index (χ0n) is 9.01. The van der Waals surface area contributed by atoms with Crippen LogP contribution in [0.5, 0.6) is 0 Å². The van der Waals surface area contributed by atoms with Gasteiger partial charge in [-0.1, -0.05) is 23.2 Å². The average Bonchev–Trinajstić information content (AvgIpc) is 2.76. The Kier molecular flexibility index (Phi) is 4.47. The highest BCUT2D eigenvalue weighted by Gasteiger charge is 2.13. The van der Waals surface area contributed by atoms with Crippen molar-refractivity contribution in [3.63, 3.8) is 0 Å². The first-order valence-electron chi connectivity index (χ1n) is 5.51. The lowest BCUT2D eigenvalue weighted by atomic mass is 10.2. The van der Waals surface area contributed by atoms with Crippen LogP contribution in [0.25, 0.3) is 0 Å². The van der Waals surface area contributed by atoms with Gasteiger partial charge in [0.15, 0.2) is 0 Å². The molecular weight excluding hydrogens is 245 g/mol. The largest absolute Gasteiger partial charge is 0.375 e. The SMILES string of the molecule is Clc1ccc(Cl)c(COC[C@H]2CCCN2)c1. The van der Waals surface area contributed by atoms with E-state index in [-0.39, 0.29) is 0 Å². The number of nitrogens with one attached hydrogen (secondary N) is 1. The summed E-state index contributed by atoms with van der Waals surface area (Å²) in [7, 11) is 0. The molecule has 0 spiro atoms. The van der Waals surface area contributed by atoms with Crippen molar-refractivity contribution >= 4 is 23.2 Å². The highest BCUT2D eigenvalue weighted by molar-refractivity contribution is 6.33. The molecule has 1 N–H and O–H groups in total. The zero-order chi connectivity index (χ0) is 11.4.